The molecule has 0 radical (unpaired) electrons. The van der Waals surface area contributed by atoms with Gasteiger partial charge >= 0.3 is 0 Å². The molecule has 1 rings (SSSR count). The minimum absolute atomic E-state index is 0.0367. The highest BCUT2D eigenvalue weighted by Crippen LogP contribution is 2.02. The topological polar surface area (TPSA) is 80.9 Å². The number of nitrogens with two attached hydrogens (primary N) is 1. The fourth-order valence-corrected chi connectivity index (χ4v) is 1.27. The van der Waals surface area contributed by atoms with Gasteiger partial charge in [-0.1, -0.05) is 11.4 Å². The fourth-order valence-electron chi connectivity index (χ4n) is 0.851. The Morgan fingerprint density at radius 3 is 3.08 bits per heavy atom. The Hall–Kier alpha value is -1.01. The third-order valence-corrected chi connectivity index (χ3v) is 2.36. The van der Waals surface area contributed by atoms with E-state index in [1.165, 1.54) is 6.20 Å². The lowest BCUT2D eigenvalue weighted by molar-refractivity contribution is 0.0941. The first kappa shape index (κ1) is 10.1. The van der Waals surface area contributed by atoms with E-state index in [4.69, 9.17) is 5.73 Å². The highest BCUT2D eigenvalue weighted by atomic mass is 32.1. The largest absolute Gasteiger partial charge is 0.347 e. The summed E-state index contributed by atoms with van der Waals surface area (Å²) in [5.74, 6) is -0.146. The monoisotopic (exact) mass is 200 g/mol. The van der Waals surface area contributed by atoms with Crippen molar-refractivity contribution in [2.75, 3.05) is 6.54 Å². The summed E-state index contributed by atoms with van der Waals surface area (Å²) < 4.78 is 3.60. The Bertz CT molecular complexity index is 257. The standard InChI is InChI=1S/C7H12N4OS/c1-2-5(3-8)10-7(12)6-4-9-11-13-6/h4-5H,2-3,8H2,1H3,(H,10,12). The predicted molar refractivity (Wildman–Crippen MR) is 50.5 cm³/mol. The van der Waals surface area contributed by atoms with Crippen molar-refractivity contribution in [3.63, 3.8) is 0 Å². The number of nitrogens with zero attached hydrogens (tertiary/aromatic N) is 2. The van der Waals surface area contributed by atoms with Crippen LogP contribution in [0, 0.1) is 0 Å². The molecule has 5 nitrogen and oxygen atoms in total. The van der Waals surface area contributed by atoms with Crippen LogP contribution in [-0.4, -0.2) is 28.1 Å². The third-order valence-electron chi connectivity index (χ3n) is 1.70. The number of nitrogens with one attached hydrogen (secondary N) is 1. The van der Waals surface area contributed by atoms with Crippen molar-refractivity contribution in [1.29, 1.82) is 0 Å². The van der Waals surface area contributed by atoms with Gasteiger partial charge in [-0.15, -0.1) is 5.10 Å². The average Bonchev–Trinajstić information content (AvgIpc) is 2.66. The molecule has 6 heteroatoms. The third kappa shape index (κ3) is 2.74. The Labute approximate surface area is 80.5 Å². The summed E-state index contributed by atoms with van der Waals surface area (Å²) in [6, 6.07) is 0.0367. The average molecular weight is 200 g/mol. The van der Waals surface area contributed by atoms with Crippen LogP contribution in [0.4, 0.5) is 0 Å². The molecule has 72 valence electrons. The Kier molecular flexibility index (Phi) is 3.78. The molecule has 0 spiro atoms. The number of amides is 1. The van der Waals surface area contributed by atoms with Gasteiger partial charge in [-0.3, -0.25) is 4.79 Å². The van der Waals surface area contributed by atoms with Gasteiger partial charge in [-0.05, 0) is 18.0 Å². The molecule has 13 heavy (non-hydrogen) atoms. The maximum atomic E-state index is 11.4. The van der Waals surface area contributed by atoms with Gasteiger partial charge in [0.15, 0.2) is 0 Å². The highest BCUT2D eigenvalue weighted by molar-refractivity contribution is 7.07. The van der Waals surface area contributed by atoms with E-state index < -0.39 is 0 Å². The molecule has 0 aliphatic rings. The molecule has 1 amide bonds. The molecular weight excluding hydrogens is 188 g/mol. The number of carbonyl (C=O) groups excluding carboxylic acids is 1. The Morgan fingerprint density at radius 1 is 1.85 bits per heavy atom. The second-order valence-electron chi connectivity index (χ2n) is 2.60. The van der Waals surface area contributed by atoms with Gasteiger partial charge in [-0.25, -0.2) is 0 Å². The quantitative estimate of drug-likeness (QED) is 0.717. The second kappa shape index (κ2) is 4.88. The van der Waals surface area contributed by atoms with Crippen LogP contribution in [0.25, 0.3) is 0 Å². The van der Waals surface area contributed by atoms with E-state index in [0.29, 0.717) is 11.4 Å². The molecule has 0 aliphatic heterocycles. The van der Waals surface area contributed by atoms with E-state index in [0.717, 1.165) is 18.0 Å². The van der Waals surface area contributed by atoms with Crippen LogP contribution in [0.2, 0.25) is 0 Å². The molecule has 1 aromatic rings. The first-order valence-corrected chi connectivity index (χ1v) is 4.83. The highest BCUT2D eigenvalue weighted by Gasteiger charge is 2.12. The van der Waals surface area contributed by atoms with Crippen molar-refractivity contribution < 1.29 is 4.79 Å². The van der Waals surface area contributed by atoms with E-state index in [9.17, 15) is 4.79 Å². The van der Waals surface area contributed by atoms with Crippen LogP contribution >= 0.6 is 11.5 Å². The molecule has 0 saturated carbocycles. The summed E-state index contributed by atoms with van der Waals surface area (Å²) in [7, 11) is 0. The molecule has 0 fully saturated rings. The first-order chi connectivity index (χ1) is 6.27. The minimum atomic E-state index is -0.146. The van der Waals surface area contributed by atoms with Gasteiger partial charge in [0.1, 0.15) is 4.88 Å². The van der Waals surface area contributed by atoms with E-state index in [1.54, 1.807) is 0 Å². The Morgan fingerprint density at radius 2 is 2.62 bits per heavy atom. The Balaban J connectivity index is 2.50. The minimum Gasteiger partial charge on any atom is -0.347 e. The molecule has 1 unspecified atom stereocenters. The van der Waals surface area contributed by atoms with Gasteiger partial charge < -0.3 is 11.1 Å². The van der Waals surface area contributed by atoms with E-state index in [2.05, 4.69) is 14.9 Å². The van der Waals surface area contributed by atoms with Gasteiger partial charge in [-0.2, -0.15) is 0 Å². The lowest BCUT2D eigenvalue weighted by Crippen LogP contribution is -2.39. The van der Waals surface area contributed by atoms with E-state index >= 15 is 0 Å². The fraction of sp³-hybridized carbons (Fsp3) is 0.571. The lowest BCUT2D eigenvalue weighted by atomic mass is 10.2. The molecule has 1 heterocycles. The SMILES string of the molecule is CCC(CN)NC(=O)c1cnns1. The molecule has 3 N–H and O–H groups in total. The summed E-state index contributed by atoms with van der Waals surface area (Å²) in [5.41, 5.74) is 5.44. The predicted octanol–water partition coefficient (Wildman–Crippen LogP) is 0.00520. The van der Waals surface area contributed by atoms with E-state index in [1.807, 2.05) is 6.92 Å². The summed E-state index contributed by atoms with van der Waals surface area (Å²) in [6.07, 6.45) is 2.28. The zero-order valence-corrected chi connectivity index (χ0v) is 8.17. The maximum absolute atomic E-state index is 11.4. The van der Waals surface area contributed by atoms with Crippen molar-refractivity contribution >= 4 is 17.4 Å². The zero-order chi connectivity index (χ0) is 9.68. The van der Waals surface area contributed by atoms with Gasteiger partial charge in [0.25, 0.3) is 5.91 Å². The van der Waals surface area contributed by atoms with Gasteiger partial charge in [0, 0.05) is 12.6 Å². The molecule has 0 saturated heterocycles. The molecule has 1 atom stereocenters. The van der Waals surface area contributed by atoms with E-state index in [-0.39, 0.29) is 11.9 Å². The van der Waals surface area contributed by atoms with Crippen LogP contribution in [0.15, 0.2) is 6.20 Å². The van der Waals surface area contributed by atoms with Crippen molar-refractivity contribution in [3.8, 4) is 0 Å². The van der Waals surface area contributed by atoms with Crippen LogP contribution in [0.5, 0.6) is 0 Å². The maximum Gasteiger partial charge on any atom is 0.264 e. The second-order valence-corrected chi connectivity index (χ2v) is 3.38. The summed E-state index contributed by atoms with van der Waals surface area (Å²) in [4.78, 5) is 11.9. The summed E-state index contributed by atoms with van der Waals surface area (Å²) in [6.45, 7) is 2.43. The number of hydrogen-bond donors (Lipinski definition) is 2. The summed E-state index contributed by atoms with van der Waals surface area (Å²) in [5, 5.41) is 6.36. The number of hydrogen-bond acceptors (Lipinski definition) is 5. The zero-order valence-electron chi connectivity index (χ0n) is 7.36. The smallest absolute Gasteiger partial charge is 0.264 e. The first-order valence-electron chi connectivity index (χ1n) is 4.06. The van der Waals surface area contributed by atoms with Gasteiger partial charge in [0.2, 0.25) is 0 Å². The van der Waals surface area contributed by atoms with Gasteiger partial charge in [0.05, 0.1) is 6.20 Å². The van der Waals surface area contributed by atoms with Crippen LogP contribution in [0.3, 0.4) is 0 Å². The number of carbonyl (C=O) groups is 1. The normalized spacial score (nSPS) is 12.5. The van der Waals surface area contributed by atoms with Crippen LogP contribution in [-0.2, 0) is 0 Å². The number of aromatic nitrogens is 2. The van der Waals surface area contributed by atoms with Crippen LogP contribution in [0.1, 0.15) is 23.0 Å². The molecule has 1 aromatic heterocycles. The van der Waals surface area contributed by atoms with Crippen molar-refractivity contribution in [3.05, 3.63) is 11.1 Å². The molecular formula is C7H12N4OS. The van der Waals surface area contributed by atoms with Crippen molar-refractivity contribution in [1.82, 2.24) is 14.9 Å². The van der Waals surface area contributed by atoms with Crippen molar-refractivity contribution in [2.24, 2.45) is 5.73 Å². The number of rotatable bonds is 4. The lowest BCUT2D eigenvalue weighted by Gasteiger charge is -2.12. The van der Waals surface area contributed by atoms with Crippen molar-refractivity contribution in [2.45, 2.75) is 19.4 Å². The molecule has 0 bridgehead atoms. The molecule has 0 aliphatic carbocycles. The summed E-state index contributed by atoms with van der Waals surface area (Å²) >= 11 is 1.08. The molecule has 0 aromatic carbocycles. The van der Waals surface area contributed by atoms with Crippen LogP contribution < -0.4 is 11.1 Å².